The first-order valence-electron chi connectivity index (χ1n) is 8.82. The van der Waals surface area contributed by atoms with Gasteiger partial charge in [0.1, 0.15) is 23.7 Å². The lowest BCUT2D eigenvalue weighted by Gasteiger charge is -2.12. The van der Waals surface area contributed by atoms with Gasteiger partial charge in [-0.1, -0.05) is 0 Å². The van der Waals surface area contributed by atoms with Gasteiger partial charge in [-0.15, -0.1) is 0 Å². The van der Waals surface area contributed by atoms with Crippen molar-refractivity contribution in [3.8, 4) is 11.8 Å². The number of anilines is 1. The lowest BCUT2D eigenvalue weighted by Crippen LogP contribution is -2.36. The molecular formula is C19H22N4O3. The average Bonchev–Trinajstić information content (AvgIpc) is 3.19. The van der Waals surface area contributed by atoms with E-state index in [1.165, 1.54) is 0 Å². The lowest BCUT2D eigenvalue weighted by atomic mass is 10.1. The largest absolute Gasteiger partial charge is 0.494 e. The van der Waals surface area contributed by atoms with Crippen molar-refractivity contribution in [1.29, 1.82) is 5.26 Å². The molecule has 1 aliphatic rings. The Bertz CT molecular complexity index is 825. The van der Waals surface area contributed by atoms with Gasteiger partial charge in [-0.25, -0.2) is 4.98 Å². The number of benzene rings is 1. The van der Waals surface area contributed by atoms with E-state index in [0.29, 0.717) is 37.7 Å². The van der Waals surface area contributed by atoms with Gasteiger partial charge in [0.25, 0.3) is 0 Å². The van der Waals surface area contributed by atoms with Crippen LogP contribution < -0.4 is 15.4 Å². The molecule has 7 nitrogen and oxygen atoms in total. The summed E-state index contributed by atoms with van der Waals surface area (Å²) in [5.41, 5.74) is 1.23. The zero-order valence-electron chi connectivity index (χ0n) is 14.7. The zero-order chi connectivity index (χ0) is 18.4. The predicted octanol–water partition coefficient (Wildman–Crippen LogP) is 2.21. The van der Waals surface area contributed by atoms with Gasteiger partial charge in [-0.3, -0.25) is 4.79 Å². The van der Waals surface area contributed by atoms with Crippen LogP contribution >= 0.6 is 0 Å². The second-order valence-corrected chi connectivity index (χ2v) is 6.00. The molecule has 136 valence electrons. The van der Waals surface area contributed by atoms with Gasteiger partial charge >= 0.3 is 0 Å². The number of ether oxygens (including phenoxy) is 2. The standard InChI is InChI=1S/C19H22N4O3/c1-2-25-15-5-6-16-13(11-15)10-14(12-20)18(23-16)21-7-8-22-19(24)17-4-3-9-26-17/h5-6,10-11,17H,2-4,7-9H2,1H3,(H,21,23)(H,22,24). The Morgan fingerprint density at radius 2 is 2.31 bits per heavy atom. The van der Waals surface area contributed by atoms with Crippen LogP contribution in [0.1, 0.15) is 25.3 Å². The highest BCUT2D eigenvalue weighted by Crippen LogP contribution is 2.24. The van der Waals surface area contributed by atoms with E-state index in [0.717, 1.165) is 29.5 Å². The normalized spacial score (nSPS) is 16.2. The fraction of sp³-hybridized carbons (Fsp3) is 0.421. The van der Waals surface area contributed by atoms with E-state index in [-0.39, 0.29) is 12.0 Å². The summed E-state index contributed by atoms with van der Waals surface area (Å²) in [7, 11) is 0. The van der Waals surface area contributed by atoms with Crippen LogP contribution in [0.4, 0.5) is 5.82 Å². The van der Waals surface area contributed by atoms with Crippen LogP contribution in [0.3, 0.4) is 0 Å². The summed E-state index contributed by atoms with van der Waals surface area (Å²) >= 11 is 0. The van der Waals surface area contributed by atoms with Crippen molar-refractivity contribution in [2.45, 2.75) is 25.9 Å². The molecule has 1 aromatic carbocycles. The number of fused-ring (bicyclic) bond motifs is 1. The highest BCUT2D eigenvalue weighted by Gasteiger charge is 2.22. The number of nitriles is 1. The Morgan fingerprint density at radius 1 is 1.42 bits per heavy atom. The molecule has 0 radical (unpaired) electrons. The number of hydrogen-bond donors (Lipinski definition) is 2. The molecule has 2 heterocycles. The molecule has 1 fully saturated rings. The molecule has 1 unspecified atom stereocenters. The third kappa shape index (κ3) is 4.21. The highest BCUT2D eigenvalue weighted by atomic mass is 16.5. The number of nitrogens with one attached hydrogen (secondary N) is 2. The van der Waals surface area contributed by atoms with Crippen molar-refractivity contribution < 1.29 is 14.3 Å². The molecule has 1 saturated heterocycles. The van der Waals surface area contributed by atoms with Gasteiger partial charge < -0.3 is 20.1 Å². The summed E-state index contributed by atoms with van der Waals surface area (Å²) in [4.78, 5) is 16.4. The van der Waals surface area contributed by atoms with E-state index in [1.807, 2.05) is 25.1 Å². The van der Waals surface area contributed by atoms with E-state index < -0.39 is 0 Å². The summed E-state index contributed by atoms with van der Waals surface area (Å²) in [6.45, 7) is 4.07. The average molecular weight is 354 g/mol. The highest BCUT2D eigenvalue weighted by molar-refractivity contribution is 5.84. The molecule has 0 aliphatic carbocycles. The van der Waals surface area contributed by atoms with E-state index in [2.05, 4.69) is 21.7 Å². The molecule has 2 aromatic rings. The van der Waals surface area contributed by atoms with E-state index in [9.17, 15) is 10.1 Å². The van der Waals surface area contributed by atoms with E-state index in [1.54, 1.807) is 6.07 Å². The van der Waals surface area contributed by atoms with Gasteiger partial charge in [0.05, 0.1) is 17.7 Å². The van der Waals surface area contributed by atoms with Crippen molar-refractivity contribution >= 4 is 22.6 Å². The summed E-state index contributed by atoms with van der Waals surface area (Å²) < 4.78 is 10.8. The molecule has 3 rings (SSSR count). The van der Waals surface area contributed by atoms with Gasteiger partial charge in [0.15, 0.2) is 0 Å². The third-order valence-corrected chi connectivity index (χ3v) is 4.16. The van der Waals surface area contributed by atoms with Gasteiger partial charge in [-0.2, -0.15) is 5.26 Å². The van der Waals surface area contributed by atoms with E-state index in [4.69, 9.17) is 9.47 Å². The SMILES string of the molecule is CCOc1ccc2nc(NCCNC(=O)C3CCCO3)c(C#N)cc2c1. The smallest absolute Gasteiger partial charge is 0.249 e. The minimum atomic E-state index is -0.331. The Hall–Kier alpha value is -2.85. The molecule has 26 heavy (non-hydrogen) atoms. The molecule has 1 atom stereocenters. The fourth-order valence-electron chi connectivity index (χ4n) is 2.90. The van der Waals surface area contributed by atoms with Crippen LogP contribution in [0, 0.1) is 11.3 Å². The molecule has 0 bridgehead atoms. The van der Waals surface area contributed by atoms with Crippen molar-refractivity contribution in [3.63, 3.8) is 0 Å². The summed E-state index contributed by atoms with van der Waals surface area (Å²) in [5.74, 6) is 1.18. The first-order chi connectivity index (χ1) is 12.7. The Labute approximate surface area is 152 Å². The van der Waals surface area contributed by atoms with Gasteiger partial charge in [0.2, 0.25) is 5.91 Å². The number of amides is 1. The monoisotopic (exact) mass is 354 g/mol. The predicted molar refractivity (Wildman–Crippen MR) is 98.1 cm³/mol. The zero-order valence-corrected chi connectivity index (χ0v) is 14.7. The first-order valence-corrected chi connectivity index (χ1v) is 8.82. The Morgan fingerprint density at radius 3 is 3.04 bits per heavy atom. The molecule has 1 aromatic heterocycles. The minimum absolute atomic E-state index is 0.0836. The van der Waals surface area contributed by atoms with Crippen molar-refractivity contribution in [2.24, 2.45) is 0 Å². The van der Waals surface area contributed by atoms with Crippen LogP contribution in [0.5, 0.6) is 5.75 Å². The second-order valence-electron chi connectivity index (χ2n) is 6.00. The number of aromatic nitrogens is 1. The van der Waals surface area contributed by atoms with Crippen LogP contribution in [-0.4, -0.2) is 43.3 Å². The molecular weight excluding hydrogens is 332 g/mol. The summed E-state index contributed by atoms with van der Waals surface area (Å²) in [5, 5.41) is 16.2. The number of nitrogens with zero attached hydrogens (tertiary/aromatic N) is 2. The fourth-order valence-corrected chi connectivity index (χ4v) is 2.90. The molecule has 7 heteroatoms. The van der Waals surface area contributed by atoms with Crippen LogP contribution in [-0.2, 0) is 9.53 Å². The number of pyridine rings is 1. The number of hydrogen-bond acceptors (Lipinski definition) is 6. The molecule has 0 saturated carbocycles. The third-order valence-electron chi connectivity index (χ3n) is 4.16. The number of rotatable bonds is 7. The van der Waals surface area contributed by atoms with Crippen LogP contribution in [0.2, 0.25) is 0 Å². The molecule has 1 aliphatic heterocycles. The summed E-state index contributed by atoms with van der Waals surface area (Å²) in [6.07, 6.45) is 1.37. The van der Waals surface area contributed by atoms with Crippen LogP contribution in [0.15, 0.2) is 24.3 Å². The molecule has 2 N–H and O–H groups in total. The van der Waals surface area contributed by atoms with E-state index >= 15 is 0 Å². The van der Waals surface area contributed by atoms with Crippen molar-refractivity contribution in [2.75, 3.05) is 31.6 Å². The van der Waals surface area contributed by atoms with Crippen LogP contribution in [0.25, 0.3) is 10.9 Å². The van der Waals surface area contributed by atoms with Crippen molar-refractivity contribution in [3.05, 3.63) is 29.8 Å². The minimum Gasteiger partial charge on any atom is -0.494 e. The maximum atomic E-state index is 11.9. The maximum absolute atomic E-state index is 11.9. The first kappa shape index (κ1) is 18.0. The second kappa shape index (κ2) is 8.50. The maximum Gasteiger partial charge on any atom is 0.249 e. The quantitative estimate of drug-likeness (QED) is 0.740. The summed E-state index contributed by atoms with van der Waals surface area (Å²) in [6, 6.07) is 9.55. The van der Waals surface area contributed by atoms with Gasteiger partial charge in [-0.05, 0) is 44.0 Å². The number of carbonyl (C=O) groups excluding carboxylic acids is 1. The number of carbonyl (C=O) groups is 1. The Balaban J connectivity index is 1.62. The molecule has 0 spiro atoms. The Kier molecular flexibility index (Phi) is 5.87. The topological polar surface area (TPSA) is 96.3 Å². The molecule has 1 amide bonds. The van der Waals surface area contributed by atoms with Crippen molar-refractivity contribution in [1.82, 2.24) is 10.3 Å². The van der Waals surface area contributed by atoms with Gasteiger partial charge in [0, 0.05) is 25.1 Å². The lowest BCUT2D eigenvalue weighted by molar-refractivity contribution is -0.129.